The first-order valence-corrected chi connectivity index (χ1v) is 7.28. The van der Waals surface area contributed by atoms with Gasteiger partial charge >= 0.3 is 0 Å². The van der Waals surface area contributed by atoms with Gasteiger partial charge in [0.1, 0.15) is 5.78 Å². The number of halogens is 3. The highest BCUT2D eigenvalue weighted by molar-refractivity contribution is 9.10. The summed E-state index contributed by atoms with van der Waals surface area (Å²) < 4.78 is 1.00. The highest BCUT2D eigenvalue weighted by Crippen LogP contribution is 2.34. The van der Waals surface area contributed by atoms with Crippen LogP contribution in [0.2, 0.25) is 5.02 Å². The van der Waals surface area contributed by atoms with Crippen LogP contribution < -0.4 is 0 Å². The van der Waals surface area contributed by atoms with Gasteiger partial charge in [-0.3, -0.25) is 4.79 Å². The highest BCUT2D eigenvalue weighted by atomic mass is 79.9. The Labute approximate surface area is 117 Å². The van der Waals surface area contributed by atoms with Gasteiger partial charge in [0, 0.05) is 15.4 Å². The summed E-state index contributed by atoms with van der Waals surface area (Å²) in [6, 6.07) is 5.65. The number of Topliss-reactive ketones (excluding diaryl/α,β-unsaturated/α-hetero) is 1. The van der Waals surface area contributed by atoms with Gasteiger partial charge in [0.2, 0.25) is 0 Å². The number of alkyl halides is 1. The summed E-state index contributed by atoms with van der Waals surface area (Å²) in [5.74, 6) is 0.620. The van der Waals surface area contributed by atoms with Crippen molar-refractivity contribution in [1.82, 2.24) is 0 Å². The van der Waals surface area contributed by atoms with Crippen molar-refractivity contribution in [2.24, 2.45) is 5.92 Å². The molecule has 1 aliphatic carbocycles. The number of hydrogen-bond acceptors (Lipinski definition) is 1. The zero-order valence-electron chi connectivity index (χ0n) is 8.55. The lowest BCUT2D eigenvalue weighted by Crippen LogP contribution is -2.18. The SMILES string of the molecule is O=C(C(Br)Cc1cc(Cl)ccc1Br)C1CC1. The van der Waals surface area contributed by atoms with E-state index in [0.717, 1.165) is 22.9 Å². The molecule has 0 bridgehead atoms. The molecule has 1 nitrogen and oxygen atoms in total. The molecule has 1 unspecified atom stereocenters. The molecule has 1 aliphatic rings. The van der Waals surface area contributed by atoms with Crippen molar-refractivity contribution in [3.05, 3.63) is 33.3 Å². The minimum absolute atomic E-state index is 0.0882. The van der Waals surface area contributed by atoms with Crippen molar-refractivity contribution >= 4 is 49.2 Å². The Morgan fingerprint density at radius 2 is 2.19 bits per heavy atom. The van der Waals surface area contributed by atoms with Gasteiger partial charge in [0.15, 0.2) is 0 Å². The summed E-state index contributed by atoms with van der Waals surface area (Å²) >= 11 is 12.9. The first kappa shape index (κ1) is 12.6. The molecule has 0 heterocycles. The maximum absolute atomic E-state index is 11.8. The van der Waals surface area contributed by atoms with Gasteiger partial charge in [0.25, 0.3) is 0 Å². The first-order valence-electron chi connectivity index (χ1n) is 5.19. The van der Waals surface area contributed by atoms with Crippen LogP contribution >= 0.6 is 43.5 Å². The molecule has 1 fully saturated rings. The molecule has 0 aromatic heterocycles. The predicted molar refractivity (Wildman–Crippen MR) is 73.3 cm³/mol. The Morgan fingerprint density at radius 1 is 1.50 bits per heavy atom. The number of carbonyl (C=O) groups excluding carboxylic acids is 1. The van der Waals surface area contributed by atoms with Crippen LogP contribution in [0.15, 0.2) is 22.7 Å². The van der Waals surface area contributed by atoms with Crippen molar-refractivity contribution in [3.8, 4) is 0 Å². The van der Waals surface area contributed by atoms with Crippen molar-refractivity contribution < 1.29 is 4.79 Å². The van der Waals surface area contributed by atoms with E-state index >= 15 is 0 Å². The summed E-state index contributed by atoms with van der Waals surface area (Å²) in [5, 5.41) is 0.705. The van der Waals surface area contributed by atoms with Crippen molar-refractivity contribution in [3.63, 3.8) is 0 Å². The van der Waals surface area contributed by atoms with E-state index in [1.54, 1.807) is 0 Å². The molecule has 0 radical (unpaired) electrons. The molecule has 0 N–H and O–H groups in total. The number of carbonyl (C=O) groups is 1. The van der Waals surface area contributed by atoms with Crippen LogP contribution in [0.25, 0.3) is 0 Å². The monoisotopic (exact) mass is 364 g/mol. The van der Waals surface area contributed by atoms with Crippen LogP contribution in [0.3, 0.4) is 0 Å². The maximum atomic E-state index is 11.8. The van der Waals surface area contributed by atoms with E-state index in [-0.39, 0.29) is 4.83 Å². The molecule has 0 saturated heterocycles. The minimum atomic E-state index is -0.0882. The Balaban J connectivity index is 2.07. The Morgan fingerprint density at radius 3 is 2.81 bits per heavy atom. The predicted octanol–water partition coefficient (Wildman–Crippen LogP) is 4.39. The fraction of sp³-hybridized carbons (Fsp3) is 0.417. The summed E-state index contributed by atoms with van der Waals surface area (Å²) in [6.07, 6.45) is 2.80. The normalized spacial score (nSPS) is 17.2. The fourth-order valence-corrected chi connectivity index (χ4v) is 2.94. The third-order valence-electron chi connectivity index (χ3n) is 2.70. The lowest BCUT2D eigenvalue weighted by molar-refractivity contribution is -0.119. The van der Waals surface area contributed by atoms with Gasteiger partial charge in [0.05, 0.1) is 4.83 Å². The van der Waals surface area contributed by atoms with E-state index in [0.29, 0.717) is 23.1 Å². The lowest BCUT2D eigenvalue weighted by atomic mass is 10.1. The molecular formula is C12H11Br2ClO. The van der Waals surface area contributed by atoms with Gasteiger partial charge in [-0.25, -0.2) is 0 Å². The second-order valence-electron chi connectivity index (χ2n) is 4.08. The second kappa shape index (κ2) is 5.19. The number of rotatable bonds is 4. The lowest BCUT2D eigenvalue weighted by Gasteiger charge is -2.10. The number of ketones is 1. The van der Waals surface area contributed by atoms with Crippen molar-refractivity contribution in [2.75, 3.05) is 0 Å². The third-order valence-corrected chi connectivity index (χ3v) is 4.48. The van der Waals surface area contributed by atoms with Gasteiger partial charge in [-0.05, 0) is 43.0 Å². The van der Waals surface area contributed by atoms with Gasteiger partial charge in [-0.1, -0.05) is 43.5 Å². The molecule has 0 aliphatic heterocycles. The van der Waals surface area contributed by atoms with Crippen LogP contribution in [0.1, 0.15) is 18.4 Å². The van der Waals surface area contributed by atoms with Gasteiger partial charge in [-0.2, -0.15) is 0 Å². The molecule has 16 heavy (non-hydrogen) atoms. The second-order valence-corrected chi connectivity index (χ2v) is 6.48. The average molecular weight is 366 g/mol. The quantitative estimate of drug-likeness (QED) is 0.723. The van der Waals surface area contributed by atoms with Gasteiger partial charge in [-0.15, -0.1) is 0 Å². The molecule has 86 valence electrons. The molecule has 2 rings (SSSR count). The zero-order chi connectivity index (χ0) is 11.7. The zero-order valence-corrected chi connectivity index (χ0v) is 12.5. The molecule has 1 saturated carbocycles. The largest absolute Gasteiger partial charge is 0.298 e. The van der Waals surface area contributed by atoms with Crippen LogP contribution in [0.4, 0.5) is 0 Å². The maximum Gasteiger partial charge on any atom is 0.149 e. The smallest absolute Gasteiger partial charge is 0.149 e. The Kier molecular flexibility index (Phi) is 4.09. The van der Waals surface area contributed by atoms with Crippen molar-refractivity contribution in [1.29, 1.82) is 0 Å². The Hall–Kier alpha value is 0.140. The first-order chi connectivity index (χ1) is 7.58. The van der Waals surface area contributed by atoms with E-state index < -0.39 is 0 Å². The van der Waals surface area contributed by atoms with E-state index in [9.17, 15) is 4.79 Å². The van der Waals surface area contributed by atoms with E-state index in [1.807, 2.05) is 18.2 Å². The van der Waals surface area contributed by atoms with Crippen LogP contribution in [-0.2, 0) is 11.2 Å². The number of hydrogen-bond donors (Lipinski definition) is 0. The molecule has 4 heteroatoms. The van der Waals surface area contributed by atoms with Gasteiger partial charge < -0.3 is 0 Å². The van der Waals surface area contributed by atoms with Crippen LogP contribution in [0, 0.1) is 5.92 Å². The molecule has 0 amide bonds. The topological polar surface area (TPSA) is 17.1 Å². The number of benzene rings is 1. The van der Waals surface area contributed by atoms with E-state index in [4.69, 9.17) is 11.6 Å². The molecular weight excluding hydrogens is 355 g/mol. The van der Waals surface area contributed by atoms with E-state index in [2.05, 4.69) is 31.9 Å². The standard InChI is InChI=1S/C12H11Br2ClO/c13-10-4-3-9(15)5-8(10)6-11(14)12(16)7-1-2-7/h3-5,7,11H,1-2,6H2. The molecule has 1 aromatic rings. The molecule has 1 aromatic carbocycles. The third kappa shape index (κ3) is 3.08. The fourth-order valence-electron chi connectivity index (χ4n) is 1.62. The Bertz CT molecular complexity index is 415. The van der Waals surface area contributed by atoms with Crippen LogP contribution in [0.5, 0.6) is 0 Å². The van der Waals surface area contributed by atoms with Crippen molar-refractivity contribution in [2.45, 2.75) is 24.1 Å². The summed E-state index contributed by atoms with van der Waals surface area (Å²) in [7, 11) is 0. The summed E-state index contributed by atoms with van der Waals surface area (Å²) in [4.78, 5) is 11.7. The average Bonchev–Trinajstić information content (AvgIpc) is 3.06. The molecule has 1 atom stereocenters. The summed E-state index contributed by atoms with van der Waals surface area (Å²) in [6.45, 7) is 0. The molecule has 0 spiro atoms. The summed E-state index contributed by atoms with van der Waals surface area (Å²) in [5.41, 5.74) is 1.07. The minimum Gasteiger partial charge on any atom is -0.298 e. The highest BCUT2D eigenvalue weighted by Gasteiger charge is 2.33. The van der Waals surface area contributed by atoms with Crippen LogP contribution in [-0.4, -0.2) is 10.6 Å². The van der Waals surface area contributed by atoms with E-state index in [1.165, 1.54) is 0 Å².